The van der Waals surface area contributed by atoms with Gasteiger partial charge in [0.25, 0.3) is 5.91 Å². The van der Waals surface area contributed by atoms with E-state index in [1.807, 2.05) is 20.8 Å². The van der Waals surface area contributed by atoms with Gasteiger partial charge in [0, 0.05) is 28.5 Å². The van der Waals surface area contributed by atoms with Crippen LogP contribution >= 0.6 is 11.6 Å². The van der Waals surface area contributed by atoms with Crippen LogP contribution in [-0.4, -0.2) is 36.7 Å². The van der Waals surface area contributed by atoms with E-state index < -0.39 is 29.2 Å². The number of rotatable bonds is 6. The zero-order chi connectivity index (χ0) is 28.3. The van der Waals surface area contributed by atoms with Gasteiger partial charge in [-0.2, -0.15) is 0 Å². The second kappa shape index (κ2) is 11.3. The number of hydrogen-bond donors (Lipinski definition) is 1. The molecule has 0 spiro atoms. The lowest BCUT2D eigenvalue weighted by atomic mass is 9.86. The summed E-state index contributed by atoms with van der Waals surface area (Å²) in [7, 11) is 0. The third kappa shape index (κ3) is 7.26. The van der Waals surface area contributed by atoms with Gasteiger partial charge in [-0.1, -0.05) is 44.5 Å². The molecule has 0 aliphatic carbocycles. The van der Waals surface area contributed by atoms with Gasteiger partial charge in [-0.3, -0.25) is 14.9 Å². The smallest absolute Gasteiger partial charge is 0.412 e. The molecule has 0 bridgehead atoms. The summed E-state index contributed by atoms with van der Waals surface area (Å²) >= 11 is 6.29. The number of hydrogen-bond acceptors (Lipinski definition) is 6. The molecule has 1 unspecified atom stereocenters. The van der Waals surface area contributed by atoms with E-state index in [1.54, 1.807) is 75.1 Å². The molecule has 1 atom stereocenters. The van der Waals surface area contributed by atoms with Gasteiger partial charge in [-0.15, -0.1) is 0 Å². The molecule has 0 radical (unpaired) electrons. The van der Waals surface area contributed by atoms with Crippen molar-refractivity contribution in [1.82, 2.24) is 0 Å². The molecule has 1 aliphatic heterocycles. The predicted molar refractivity (Wildman–Crippen MR) is 147 cm³/mol. The van der Waals surface area contributed by atoms with Gasteiger partial charge >= 0.3 is 12.1 Å². The largest absolute Gasteiger partial charge is 0.466 e. The highest BCUT2D eigenvalue weighted by molar-refractivity contribution is 6.30. The molecule has 8 nitrogen and oxygen atoms in total. The van der Waals surface area contributed by atoms with Crippen LogP contribution in [0, 0.1) is 5.41 Å². The second-order valence-corrected chi connectivity index (χ2v) is 12.0. The number of fused-ring (bicyclic) bond motifs is 1. The van der Waals surface area contributed by atoms with Gasteiger partial charge in [0.15, 0.2) is 5.60 Å². The fourth-order valence-corrected chi connectivity index (χ4v) is 4.47. The summed E-state index contributed by atoms with van der Waals surface area (Å²) in [5, 5.41) is 3.21. The summed E-state index contributed by atoms with van der Waals surface area (Å²) in [6, 6.07) is 12.0. The number of benzene rings is 2. The Bertz CT molecular complexity index is 1200. The van der Waals surface area contributed by atoms with E-state index >= 15 is 0 Å². The molecule has 0 aromatic heterocycles. The van der Waals surface area contributed by atoms with Crippen molar-refractivity contribution in [3.8, 4) is 0 Å². The predicted octanol–water partition coefficient (Wildman–Crippen LogP) is 6.45. The Hall–Kier alpha value is -3.10. The lowest BCUT2D eigenvalue weighted by molar-refractivity contribution is -0.163. The lowest BCUT2D eigenvalue weighted by Crippen LogP contribution is -2.51. The highest BCUT2D eigenvalue weighted by Gasteiger charge is 2.49. The number of amides is 2. The minimum Gasteiger partial charge on any atom is -0.466 e. The van der Waals surface area contributed by atoms with E-state index in [1.165, 1.54) is 0 Å². The maximum Gasteiger partial charge on any atom is 0.412 e. The van der Waals surface area contributed by atoms with Gasteiger partial charge in [0.2, 0.25) is 0 Å². The van der Waals surface area contributed by atoms with Gasteiger partial charge in [-0.05, 0) is 69.0 Å². The summed E-state index contributed by atoms with van der Waals surface area (Å²) in [6.07, 6.45) is -0.989. The molecule has 0 saturated heterocycles. The molecular formula is C29H37ClN2O6. The van der Waals surface area contributed by atoms with Crippen LogP contribution in [-0.2, 0) is 36.0 Å². The summed E-state index contributed by atoms with van der Waals surface area (Å²) in [4.78, 5) is 41.5. The van der Waals surface area contributed by atoms with Crippen LogP contribution in [0.3, 0.4) is 0 Å². The number of carbonyl (C=O) groups is 3. The van der Waals surface area contributed by atoms with Crippen LogP contribution in [0.2, 0.25) is 5.02 Å². The Balaban J connectivity index is 2.14. The van der Waals surface area contributed by atoms with Gasteiger partial charge in [0.05, 0.1) is 19.6 Å². The first-order valence-corrected chi connectivity index (χ1v) is 13.0. The Morgan fingerprint density at radius 2 is 1.82 bits per heavy atom. The minimum atomic E-state index is -1.71. The third-order valence-electron chi connectivity index (χ3n) is 5.70. The summed E-state index contributed by atoms with van der Waals surface area (Å²) in [5.41, 5.74) is -0.480. The highest BCUT2D eigenvalue weighted by Crippen LogP contribution is 2.42. The summed E-state index contributed by atoms with van der Waals surface area (Å²) in [5.74, 6) is -0.984. The Morgan fingerprint density at radius 1 is 1.11 bits per heavy atom. The average molecular weight is 545 g/mol. The fraction of sp³-hybridized carbons (Fsp3) is 0.483. The van der Waals surface area contributed by atoms with Crippen molar-refractivity contribution in [3.05, 3.63) is 58.6 Å². The highest BCUT2D eigenvalue weighted by atomic mass is 35.5. The van der Waals surface area contributed by atoms with Gasteiger partial charge in [0.1, 0.15) is 5.60 Å². The van der Waals surface area contributed by atoms with Crippen molar-refractivity contribution < 1.29 is 28.6 Å². The molecule has 3 rings (SSSR count). The topological polar surface area (TPSA) is 94.2 Å². The molecule has 0 saturated carbocycles. The fourth-order valence-electron chi connectivity index (χ4n) is 4.27. The number of halogens is 1. The molecule has 1 N–H and O–H groups in total. The summed E-state index contributed by atoms with van der Waals surface area (Å²) in [6.45, 7) is 13.6. The Labute approximate surface area is 229 Å². The molecule has 2 amide bonds. The molecule has 0 fully saturated rings. The quantitative estimate of drug-likeness (QED) is 0.420. The van der Waals surface area contributed by atoms with E-state index in [2.05, 4.69) is 5.32 Å². The third-order valence-corrected chi connectivity index (χ3v) is 5.94. The minimum absolute atomic E-state index is 0.0331. The molecular weight excluding hydrogens is 508 g/mol. The van der Waals surface area contributed by atoms with E-state index in [9.17, 15) is 14.4 Å². The molecule has 2 aromatic carbocycles. The second-order valence-electron chi connectivity index (χ2n) is 11.5. The molecule has 2 aromatic rings. The lowest BCUT2D eigenvalue weighted by Gasteiger charge is -2.37. The van der Waals surface area contributed by atoms with E-state index in [4.69, 9.17) is 25.8 Å². The number of nitrogens with zero attached hydrogens (tertiary/aromatic N) is 1. The standard InChI is InChI=1S/C29H37ClN2O6/c1-8-36-24(33)16-29(20-10-9-11-22(15-20)31-26(35)38-28(5,6)7)25(34)32(18-27(2,3)4)23-13-12-21(30)14-19(23)17-37-29/h9-15H,8,16-18H2,1-7H3,(H,31,35). The van der Waals surface area contributed by atoms with Crippen molar-refractivity contribution in [1.29, 1.82) is 0 Å². The summed E-state index contributed by atoms with van der Waals surface area (Å²) < 4.78 is 17.0. The van der Waals surface area contributed by atoms with Crippen molar-refractivity contribution >= 4 is 40.9 Å². The average Bonchev–Trinajstić information content (AvgIpc) is 2.88. The number of carbonyl (C=O) groups excluding carboxylic acids is 3. The SMILES string of the molecule is CCOC(=O)CC1(c2cccc(NC(=O)OC(C)(C)C)c2)OCc2cc(Cl)ccc2N(CC(C)(C)C)C1=O. The monoisotopic (exact) mass is 544 g/mol. The molecule has 38 heavy (non-hydrogen) atoms. The molecule has 1 heterocycles. The number of anilines is 2. The Kier molecular flexibility index (Phi) is 8.79. The maximum absolute atomic E-state index is 14.5. The van der Waals surface area contributed by atoms with Crippen LogP contribution in [0.5, 0.6) is 0 Å². The van der Waals surface area contributed by atoms with Crippen molar-refractivity contribution in [2.24, 2.45) is 5.41 Å². The van der Waals surface area contributed by atoms with Crippen LogP contribution < -0.4 is 10.2 Å². The molecule has 206 valence electrons. The van der Waals surface area contributed by atoms with Crippen LogP contribution in [0.4, 0.5) is 16.2 Å². The van der Waals surface area contributed by atoms with Crippen molar-refractivity contribution in [2.75, 3.05) is 23.4 Å². The van der Waals surface area contributed by atoms with Crippen molar-refractivity contribution in [3.63, 3.8) is 0 Å². The molecule has 1 aliphatic rings. The maximum atomic E-state index is 14.5. The number of ether oxygens (including phenoxy) is 3. The zero-order valence-corrected chi connectivity index (χ0v) is 23.9. The first-order chi connectivity index (χ1) is 17.6. The van der Waals surface area contributed by atoms with Crippen LogP contribution in [0.15, 0.2) is 42.5 Å². The van der Waals surface area contributed by atoms with Crippen LogP contribution in [0.25, 0.3) is 0 Å². The first kappa shape index (κ1) is 29.5. The van der Waals surface area contributed by atoms with Gasteiger partial charge in [-0.25, -0.2) is 4.79 Å². The van der Waals surface area contributed by atoms with Crippen molar-refractivity contribution in [2.45, 2.75) is 72.7 Å². The van der Waals surface area contributed by atoms with E-state index in [0.29, 0.717) is 28.5 Å². The number of esters is 1. The zero-order valence-electron chi connectivity index (χ0n) is 23.1. The van der Waals surface area contributed by atoms with E-state index in [0.717, 1.165) is 5.56 Å². The van der Waals surface area contributed by atoms with E-state index in [-0.39, 0.29) is 25.0 Å². The normalized spacial score (nSPS) is 17.9. The van der Waals surface area contributed by atoms with Crippen LogP contribution in [0.1, 0.15) is 66.0 Å². The first-order valence-electron chi connectivity index (χ1n) is 12.6. The number of nitrogens with one attached hydrogen (secondary N) is 1. The Morgan fingerprint density at radius 3 is 2.45 bits per heavy atom. The molecule has 9 heteroatoms. The van der Waals surface area contributed by atoms with Gasteiger partial charge < -0.3 is 19.1 Å².